The zero-order valence-electron chi connectivity index (χ0n) is 17.7. The number of sulfonamides is 1. The first-order chi connectivity index (χ1) is 15.8. The molecule has 9 heteroatoms. The van der Waals surface area contributed by atoms with Gasteiger partial charge >= 0.3 is 0 Å². The van der Waals surface area contributed by atoms with Crippen molar-refractivity contribution in [1.29, 1.82) is 0 Å². The van der Waals surface area contributed by atoms with Gasteiger partial charge in [0.1, 0.15) is 11.8 Å². The lowest BCUT2D eigenvalue weighted by atomic mass is 10.2. The molecule has 33 heavy (non-hydrogen) atoms. The third kappa shape index (κ3) is 4.71. The van der Waals surface area contributed by atoms with Crippen LogP contribution in [0.3, 0.4) is 0 Å². The molecule has 3 aromatic rings. The molecule has 1 heterocycles. The first kappa shape index (κ1) is 23.2. The fraction of sp³-hybridized carbons (Fsp3) is 0.167. The number of nitrogens with zero attached hydrogens (tertiary/aromatic N) is 2. The van der Waals surface area contributed by atoms with E-state index in [4.69, 9.17) is 4.74 Å². The van der Waals surface area contributed by atoms with Crippen molar-refractivity contribution in [1.82, 2.24) is 4.31 Å². The number of anilines is 1. The summed E-state index contributed by atoms with van der Waals surface area (Å²) in [6.45, 7) is -0.0423. The second kappa shape index (κ2) is 9.46. The van der Waals surface area contributed by atoms with Crippen molar-refractivity contribution >= 4 is 43.5 Å². The smallest absolute Gasteiger partial charge is 0.252 e. The van der Waals surface area contributed by atoms with Crippen LogP contribution in [0.1, 0.15) is 12.0 Å². The molecule has 0 aliphatic carbocycles. The van der Waals surface area contributed by atoms with Gasteiger partial charge in [0.2, 0.25) is 15.9 Å². The number of amides is 2. The van der Waals surface area contributed by atoms with E-state index in [1.54, 1.807) is 60.7 Å². The Morgan fingerprint density at radius 1 is 0.970 bits per heavy atom. The minimum absolute atomic E-state index is 0.0423. The summed E-state index contributed by atoms with van der Waals surface area (Å²) in [5.41, 5.74) is 1.08. The molecule has 1 saturated heterocycles. The number of hydrogen-bond acceptors (Lipinski definition) is 5. The molecule has 4 rings (SSSR count). The maximum absolute atomic E-state index is 13.6. The molecule has 1 atom stereocenters. The fourth-order valence-electron chi connectivity index (χ4n) is 3.71. The molecule has 3 aromatic carbocycles. The minimum atomic E-state index is -4.08. The Kier molecular flexibility index (Phi) is 6.64. The Morgan fingerprint density at radius 2 is 1.61 bits per heavy atom. The van der Waals surface area contributed by atoms with Crippen LogP contribution in [0.2, 0.25) is 0 Å². The lowest BCUT2D eigenvalue weighted by molar-refractivity contribution is -0.122. The lowest BCUT2D eigenvalue weighted by Gasteiger charge is -2.27. The van der Waals surface area contributed by atoms with Gasteiger partial charge in [0, 0.05) is 11.0 Å². The molecule has 2 amide bonds. The van der Waals surface area contributed by atoms with Gasteiger partial charge in [-0.05, 0) is 54.1 Å². The molecule has 1 aliphatic rings. The number of ether oxygens (including phenoxy) is 1. The second-order valence-electron chi connectivity index (χ2n) is 7.48. The number of hydrogen-bond donors (Lipinski definition) is 0. The van der Waals surface area contributed by atoms with Gasteiger partial charge < -0.3 is 4.74 Å². The van der Waals surface area contributed by atoms with Crippen LogP contribution in [0.4, 0.5) is 5.69 Å². The van der Waals surface area contributed by atoms with E-state index in [0.717, 1.165) is 13.7 Å². The van der Waals surface area contributed by atoms with E-state index in [1.807, 2.05) is 6.07 Å². The van der Waals surface area contributed by atoms with Crippen molar-refractivity contribution < 1.29 is 22.7 Å². The number of benzene rings is 3. The average molecular weight is 529 g/mol. The van der Waals surface area contributed by atoms with Crippen LogP contribution < -0.4 is 9.64 Å². The van der Waals surface area contributed by atoms with Gasteiger partial charge in [-0.25, -0.2) is 13.3 Å². The summed E-state index contributed by atoms with van der Waals surface area (Å²) in [6, 6.07) is 20.5. The van der Waals surface area contributed by atoms with Gasteiger partial charge in [0.05, 0.1) is 24.1 Å². The van der Waals surface area contributed by atoms with Gasteiger partial charge in [0.15, 0.2) is 0 Å². The standard InChI is InChI=1S/C24H21BrN2O5S/c1-32-20-11-9-19(10-12-20)27-23(28)15-22(24(27)29)26(16-17-5-3-2-4-6-17)33(30,31)21-13-7-18(25)8-14-21/h2-14,22H,15-16H2,1H3. The monoisotopic (exact) mass is 528 g/mol. The van der Waals surface area contributed by atoms with E-state index in [2.05, 4.69) is 15.9 Å². The molecule has 170 valence electrons. The van der Waals surface area contributed by atoms with E-state index >= 15 is 0 Å². The fourth-order valence-corrected chi connectivity index (χ4v) is 5.55. The molecular weight excluding hydrogens is 508 g/mol. The topological polar surface area (TPSA) is 84.0 Å². The van der Waals surface area contributed by atoms with Crippen molar-refractivity contribution in [3.05, 3.63) is 88.9 Å². The van der Waals surface area contributed by atoms with E-state index in [0.29, 0.717) is 17.0 Å². The van der Waals surface area contributed by atoms with Crippen molar-refractivity contribution in [2.75, 3.05) is 12.0 Å². The largest absolute Gasteiger partial charge is 0.497 e. The zero-order valence-corrected chi connectivity index (χ0v) is 20.1. The van der Waals surface area contributed by atoms with Crippen LogP contribution in [0.25, 0.3) is 0 Å². The van der Waals surface area contributed by atoms with Crippen LogP contribution in [0.15, 0.2) is 88.2 Å². The van der Waals surface area contributed by atoms with Crippen LogP contribution in [-0.2, 0) is 26.2 Å². The Hall–Kier alpha value is -3.01. The molecule has 0 saturated carbocycles. The second-order valence-corrected chi connectivity index (χ2v) is 10.3. The highest BCUT2D eigenvalue weighted by atomic mass is 79.9. The highest BCUT2D eigenvalue weighted by Gasteiger charge is 2.47. The maximum Gasteiger partial charge on any atom is 0.252 e. The van der Waals surface area contributed by atoms with Gasteiger partial charge in [-0.2, -0.15) is 4.31 Å². The van der Waals surface area contributed by atoms with E-state index < -0.39 is 27.9 Å². The third-order valence-corrected chi connectivity index (χ3v) is 7.80. The predicted molar refractivity (Wildman–Crippen MR) is 127 cm³/mol. The predicted octanol–water partition coefficient (Wildman–Crippen LogP) is 3.98. The molecule has 0 spiro atoms. The SMILES string of the molecule is COc1ccc(N2C(=O)CC(N(Cc3ccccc3)S(=O)(=O)c3ccc(Br)cc3)C2=O)cc1. The Labute approximate surface area is 200 Å². The zero-order chi connectivity index (χ0) is 23.6. The van der Waals surface area contributed by atoms with Crippen LogP contribution in [-0.4, -0.2) is 37.7 Å². The van der Waals surface area contributed by atoms with E-state index in [9.17, 15) is 18.0 Å². The Bertz CT molecular complexity index is 1260. The number of imide groups is 1. The molecule has 1 fully saturated rings. The summed E-state index contributed by atoms with van der Waals surface area (Å²) < 4.78 is 34.2. The molecule has 0 aromatic heterocycles. The summed E-state index contributed by atoms with van der Waals surface area (Å²) in [5, 5.41) is 0. The van der Waals surface area contributed by atoms with Crippen molar-refractivity contribution in [2.45, 2.75) is 23.9 Å². The Morgan fingerprint density at radius 3 is 2.21 bits per heavy atom. The van der Waals surface area contributed by atoms with Crippen molar-refractivity contribution in [3.8, 4) is 5.75 Å². The molecular formula is C24H21BrN2O5S. The first-order valence-electron chi connectivity index (χ1n) is 10.1. The number of carbonyl (C=O) groups excluding carboxylic acids is 2. The molecule has 0 N–H and O–H groups in total. The van der Waals surface area contributed by atoms with Crippen LogP contribution in [0, 0.1) is 0 Å². The third-order valence-electron chi connectivity index (χ3n) is 5.40. The Balaban J connectivity index is 1.73. The highest BCUT2D eigenvalue weighted by molar-refractivity contribution is 9.10. The minimum Gasteiger partial charge on any atom is -0.497 e. The average Bonchev–Trinajstić information content (AvgIpc) is 3.11. The van der Waals surface area contributed by atoms with Crippen molar-refractivity contribution in [2.24, 2.45) is 0 Å². The van der Waals surface area contributed by atoms with Gasteiger partial charge in [-0.1, -0.05) is 46.3 Å². The molecule has 0 radical (unpaired) electrons. The molecule has 0 bridgehead atoms. The summed E-state index contributed by atoms with van der Waals surface area (Å²) in [5.74, 6) is -0.459. The molecule has 7 nitrogen and oxygen atoms in total. The highest BCUT2D eigenvalue weighted by Crippen LogP contribution is 2.31. The quantitative estimate of drug-likeness (QED) is 0.433. The lowest BCUT2D eigenvalue weighted by Crippen LogP contribution is -2.45. The summed E-state index contributed by atoms with van der Waals surface area (Å²) >= 11 is 3.31. The summed E-state index contributed by atoms with van der Waals surface area (Å²) in [4.78, 5) is 27.3. The number of halogens is 1. The van der Waals surface area contributed by atoms with Crippen LogP contribution in [0.5, 0.6) is 5.75 Å². The normalized spacial score (nSPS) is 16.5. The number of carbonyl (C=O) groups is 2. The maximum atomic E-state index is 13.6. The number of rotatable bonds is 7. The van der Waals surface area contributed by atoms with Gasteiger partial charge in [0.25, 0.3) is 5.91 Å². The summed E-state index contributed by atoms with van der Waals surface area (Å²) in [6.07, 6.45) is -0.243. The molecule has 1 unspecified atom stereocenters. The number of methoxy groups -OCH3 is 1. The van der Waals surface area contributed by atoms with Crippen LogP contribution >= 0.6 is 15.9 Å². The van der Waals surface area contributed by atoms with E-state index in [1.165, 1.54) is 19.2 Å². The van der Waals surface area contributed by atoms with Crippen molar-refractivity contribution in [3.63, 3.8) is 0 Å². The summed E-state index contributed by atoms with van der Waals surface area (Å²) in [7, 11) is -2.56. The van der Waals surface area contributed by atoms with Gasteiger partial charge in [-0.15, -0.1) is 0 Å². The first-order valence-corrected chi connectivity index (χ1v) is 12.4. The van der Waals surface area contributed by atoms with E-state index in [-0.39, 0.29) is 17.9 Å². The molecule has 1 aliphatic heterocycles. The van der Waals surface area contributed by atoms with Gasteiger partial charge in [-0.3, -0.25) is 9.59 Å².